The Labute approximate surface area is 117 Å². The molecule has 2 amide bonds. The van der Waals surface area contributed by atoms with Gasteiger partial charge in [0.05, 0.1) is 12.1 Å². The maximum Gasteiger partial charge on any atom is 0.266 e. The lowest BCUT2D eigenvalue weighted by Gasteiger charge is -2.30. The van der Waals surface area contributed by atoms with Crippen molar-refractivity contribution in [1.82, 2.24) is 4.90 Å². The molecule has 0 spiro atoms. The molecular weight excluding hydrogens is 256 g/mol. The molecular formula is C15H18N2O3. The molecule has 1 fully saturated rings. The molecule has 106 valence electrons. The Bertz CT molecular complexity index is 524. The van der Waals surface area contributed by atoms with E-state index in [1.165, 1.54) is 6.42 Å². The molecule has 5 nitrogen and oxygen atoms in total. The lowest BCUT2D eigenvalue weighted by molar-refractivity contribution is -0.137. The van der Waals surface area contributed by atoms with Crippen molar-refractivity contribution in [2.24, 2.45) is 0 Å². The number of carbonyl (C=O) groups excluding carboxylic acids is 2. The Kier molecular flexibility index (Phi) is 3.58. The van der Waals surface area contributed by atoms with Gasteiger partial charge in [0, 0.05) is 13.1 Å². The number of benzene rings is 1. The summed E-state index contributed by atoms with van der Waals surface area (Å²) in [6, 6.07) is 7.27. The van der Waals surface area contributed by atoms with E-state index < -0.39 is 6.10 Å². The smallest absolute Gasteiger partial charge is 0.266 e. The summed E-state index contributed by atoms with van der Waals surface area (Å²) < 4.78 is 5.65. The van der Waals surface area contributed by atoms with Gasteiger partial charge in [-0.05, 0) is 31.4 Å². The van der Waals surface area contributed by atoms with Gasteiger partial charge in [-0.3, -0.25) is 9.59 Å². The fraction of sp³-hybridized carbons (Fsp3) is 0.467. The number of amides is 2. The molecule has 1 aromatic rings. The van der Waals surface area contributed by atoms with Gasteiger partial charge >= 0.3 is 0 Å². The lowest BCUT2D eigenvalue weighted by Crippen LogP contribution is -2.43. The second kappa shape index (κ2) is 5.53. The van der Waals surface area contributed by atoms with E-state index in [4.69, 9.17) is 4.74 Å². The zero-order valence-electron chi connectivity index (χ0n) is 11.3. The first kappa shape index (κ1) is 13.0. The van der Waals surface area contributed by atoms with Crippen LogP contribution < -0.4 is 10.1 Å². The maximum atomic E-state index is 12.2. The van der Waals surface area contributed by atoms with Gasteiger partial charge in [0.2, 0.25) is 5.91 Å². The van der Waals surface area contributed by atoms with E-state index in [9.17, 15) is 9.59 Å². The van der Waals surface area contributed by atoms with E-state index >= 15 is 0 Å². The largest absolute Gasteiger partial charge is 0.478 e. The molecule has 20 heavy (non-hydrogen) atoms. The van der Waals surface area contributed by atoms with Gasteiger partial charge < -0.3 is 15.0 Å². The highest BCUT2D eigenvalue weighted by atomic mass is 16.5. The van der Waals surface area contributed by atoms with E-state index in [-0.39, 0.29) is 18.2 Å². The van der Waals surface area contributed by atoms with E-state index in [0.29, 0.717) is 11.4 Å². The highest BCUT2D eigenvalue weighted by Crippen LogP contribution is 2.29. The number of likely N-dealkylation sites (tertiary alicyclic amines) is 1. The van der Waals surface area contributed by atoms with Crippen molar-refractivity contribution in [1.29, 1.82) is 0 Å². The third-order valence-electron chi connectivity index (χ3n) is 3.78. The number of anilines is 1. The van der Waals surface area contributed by atoms with Crippen molar-refractivity contribution in [3.63, 3.8) is 0 Å². The predicted molar refractivity (Wildman–Crippen MR) is 74.5 cm³/mol. The Morgan fingerprint density at radius 1 is 1.25 bits per heavy atom. The minimum absolute atomic E-state index is 0.00392. The Morgan fingerprint density at radius 2 is 2.00 bits per heavy atom. The third-order valence-corrected chi connectivity index (χ3v) is 3.78. The van der Waals surface area contributed by atoms with E-state index in [1.807, 2.05) is 17.0 Å². The monoisotopic (exact) mass is 274 g/mol. The summed E-state index contributed by atoms with van der Waals surface area (Å²) in [5.74, 6) is 0.391. The highest BCUT2D eigenvalue weighted by molar-refractivity contribution is 5.99. The number of hydrogen-bond donors (Lipinski definition) is 1. The molecule has 0 aliphatic carbocycles. The van der Waals surface area contributed by atoms with Crippen molar-refractivity contribution in [3.05, 3.63) is 24.3 Å². The minimum Gasteiger partial charge on any atom is -0.478 e. The SMILES string of the molecule is O=C1Nc2ccccc2OC1CC(=O)N1CCCCC1. The maximum absolute atomic E-state index is 12.2. The molecule has 1 aromatic carbocycles. The van der Waals surface area contributed by atoms with Crippen LogP contribution in [-0.4, -0.2) is 35.9 Å². The highest BCUT2D eigenvalue weighted by Gasteiger charge is 2.31. The number of ether oxygens (including phenoxy) is 1. The fourth-order valence-corrected chi connectivity index (χ4v) is 2.66. The first-order chi connectivity index (χ1) is 9.74. The third kappa shape index (κ3) is 2.61. The van der Waals surface area contributed by atoms with Crippen LogP contribution >= 0.6 is 0 Å². The molecule has 5 heteroatoms. The van der Waals surface area contributed by atoms with Crippen LogP contribution in [0.1, 0.15) is 25.7 Å². The van der Waals surface area contributed by atoms with Gasteiger partial charge in [0.15, 0.2) is 6.10 Å². The molecule has 1 N–H and O–H groups in total. The van der Waals surface area contributed by atoms with Crippen LogP contribution in [0.5, 0.6) is 5.75 Å². The Hall–Kier alpha value is -2.04. The van der Waals surface area contributed by atoms with Gasteiger partial charge in [-0.2, -0.15) is 0 Å². The summed E-state index contributed by atoms with van der Waals surface area (Å²) >= 11 is 0. The van der Waals surface area contributed by atoms with Gasteiger partial charge in [-0.25, -0.2) is 0 Å². The van der Waals surface area contributed by atoms with Crippen molar-refractivity contribution >= 4 is 17.5 Å². The first-order valence-electron chi connectivity index (χ1n) is 7.08. The average Bonchev–Trinajstić information content (AvgIpc) is 2.49. The second-order valence-electron chi connectivity index (χ2n) is 5.24. The van der Waals surface area contributed by atoms with Crippen LogP contribution in [-0.2, 0) is 9.59 Å². The van der Waals surface area contributed by atoms with E-state index in [0.717, 1.165) is 25.9 Å². The number of carbonyl (C=O) groups is 2. The van der Waals surface area contributed by atoms with Gasteiger partial charge in [-0.15, -0.1) is 0 Å². The van der Waals surface area contributed by atoms with Crippen molar-refractivity contribution in [2.75, 3.05) is 18.4 Å². The molecule has 1 saturated heterocycles. The average molecular weight is 274 g/mol. The molecule has 1 atom stereocenters. The van der Waals surface area contributed by atoms with Gasteiger partial charge in [0.1, 0.15) is 5.75 Å². The first-order valence-corrected chi connectivity index (χ1v) is 7.08. The number of para-hydroxylation sites is 2. The fourth-order valence-electron chi connectivity index (χ4n) is 2.66. The Morgan fingerprint density at radius 3 is 2.80 bits per heavy atom. The summed E-state index contributed by atoms with van der Waals surface area (Å²) in [4.78, 5) is 26.0. The molecule has 0 aromatic heterocycles. The number of rotatable bonds is 2. The Balaban J connectivity index is 1.66. The lowest BCUT2D eigenvalue weighted by atomic mass is 10.1. The molecule has 1 unspecified atom stereocenters. The van der Waals surface area contributed by atoms with E-state index in [1.54, 1.807) is 12.1 Å². The van der Waals surface area contributed by atoms with Gasteiger partial charge in [-0.1, -0.05) is 12.1 Å². The van der Waals surface area contributed by atoms with Crippen LogP contribution in [0.2, 0.25) is 0 Å². The predicted octanol–water partition coefficient (Wildman–Crippen LogP) is 1.79. The van der Waals surface area contributed by atoms with Crippen molar-refractivity contribution in [3.8, 4) is 5.75 Å². The number of hydrogen-bond acceptors (Lipinski definition) is 3. The minimum atomic E-state index is -0.723. The summed E-state index contributed by atoms with van der Waals surface area (Å²) in [6.45, 7) is 1.59. The summed E-state index contributed by atoms with van der Waals surface area (Å²) in [7, 11) is 0. The second-order valence-corrected chi connectivity index (χ2v) is 5.24. The van der Waals surface area contributed by atoms with Crippen molar-refractivity contribution < 1.29 is 14.3 Å². The zero-order valence-corrected chi connectivity index (χ0v) is 11.3. The standard InChI is InChI=1S/C15H18N2O3/c18-14(17-8-4-1-5-9-17)10-13-15(19)16-11-6-2-3-7-12(11)20-13/h2-3,6-7,13H,1,4-5,8-10H2,(H,16,19). The zero-order chi connectivity index (χ0) is 13.9. The normalized spacial score (nSPS) is 21.7. The summed E-state index contributed by atoms with van der Waals surface area (Å²) in [6.07, 6.45) is 2.66. The van der Waals surface area contributed by atoms with Gasteiger partial charge in [0.25, 0.3) is 5.91 Å². The number of piperidine rings is 1. The molecule has 0 radical (unpaired) electrons. The molecule has 0 saturated carbocycles. The number of nitrogens with one attached hydrogen (secondary N) is 1. The van der Waals surface area contributed by atoms with Crippen LogP contribution in [0.3, 0.4) is 0 Å². The topological polar surface area (TPSA) is 58.6 Å². The molecule has 2 aliphatic heterocycles. The van der Waals surface area contributed by atoms with Crippen LogP contribution in [0.4, 0.5) is 5.69 Å². The molecule has 2 aliphatic rings. The van der Waals surface area contributed by atoms with Crippen LogP contribution in [0, 0.1) is 0 Å². The molecule has 0 bridgehead atoms. The number of nitrogens with zero attached hydrogens (tertiary/aromatic N) is 1. The van der Waals surface area contributed by atoms with Crippen LogP contribution in [0.25, 0.3) is 0 Å². The summed E-state index contributed by atoms with van der Waals surface area (Å²) in [5, 5.41) is 2.78. The quantitative estimate of drug-likeness (QED) is 0.894. The van der Waals surface area contributed by atoms with E-state index in [2.05, 4.69) is 5.32 Å². The van der Waals surface area contributed by atoms with Crippen LogP contribution in [0.15, 0.2) is 24.3 Å². The number of fused-ring (bicyclic) bond motifs is 1. The molecule has 3 rings (SSSR count). The summed E-state index contributed by atoms with van der Waals surface area (Å²) in [5.41, 5.74) is 0.666. The molecule has 2 heterocycles. The van der Waals surface area contributed by atoms with Crippen molar-refractivity contribution in [2.45, 2.75) is 31.8 Å².